The molecule has 3 N–H and O–H groups in total. The van der Waals surface area contributed by atoms with Crippen molar-refractivity contribution in [3.8, 4) is 5.75 Å². The highest BCUT2D eigenvalue weighted by Gasteiger charge is 2.12. The minimum atomic E-state index is -0.754. The van der Waals surface area contributed by atoms with Crippen LogP contribution in [-0.2, 0) is 0 Å². The minimum Gasteiger partial charge on any atom is -0.495 e. The smallest absolute Gasteiger partial charge is 0.319 e. The quantitative estimate of drug-likeness (QED) is 0.762. The van der Waals surface area contributed by atoms with E-state index in [4.69, 9.17) is 20.8 Å². The Balaban J connectivity index is 1.82. The summed E-state index contributed by atoms with van der Waals surface area (Å²) in [4.78, 5) is 11.8. The Labute approximate surface area is 133 Å². The number of nitrogens with one attached hydrogen (secondary N) is 2. The Kier molecular flexibility index (Phi) is 5.68. The maximum Gasteiger partial charge on any atom is 0.319 e. The van der Waals surface area contributed by atoms with Crippen molar-refractivity contribution in [3.05, 3.63) is 47.4 Å². The molecule has 6 nitrogen and oxygen atoms in total. The Morgan fingerprint density at radius 1 is 1.45 bits per heavy atom. The number of urea groups is 1. The summed E-state index contributed by atoms with van der Waals surface area (Å²) in [5, 5.41) is 15.6. The molecular formula is C15H17ClN2O4. The third-order valence-electron chi connectivity index (χ3n) is 2.98. The highest BCUT2D eigenvalue weighted by atomic mass is 35.5. The first-order valence-electron chi connectivity index (χ1n) is 6.70. The van der Waals surface area contributed by atoms with Crippen molar-refractivity contribution in [1.82, 2.24) is 5.32 Å². The zero-order chi connectivity index (χ0) is 15.9. The van der Waals surface area contributed by atoms with Crippen molar-refractivity contribution in [2.24, 2.45) is 0 Å². The molecule has 22 heavy (non-hydrogen) atoms. The molecule has 0 radical (unpaired) electrons. The van der Waals surface area contributed by atoms with E-state index in [1.165, 1.54) is 13.4 Å². The molecule has 0 saturated heterocycles. The van der Waals surface area contributed by atoms with Crippen LogP contribution in [0.1, 0.15) is 18.3 Å². The number of rotatable bonds is 6. The van der Waals surface area contributed by atoms with Gasteiger partial charge >= 0.3 is 6.03 Å². The molecule has 1 aromatic carbocycles. The molecule has 1 unspecified atom stereocenters. The lowest BCUT2D eigenvalue weighted by molar-refractivity contribution is 0.140. The van der Waals surface area contributed by atoms with Crippen LogP contribution in [0.15, 0.2) is 41.0 Å². The summed E-state index contributed by atoms with van der Waals surface area (Å²) in [5.41, 5.74) is 0.471. The monoisotopic (exact) mass is 324 g/mol. The zero-order valence-electron chi connectivity index (χ0n) is 12.0. The van der Waals surface area contributed by atoms with Crippen molar-refractivity contribution in [2.75, 3.05) is 19.0 Å². The van der Waals surface area contributed by atoms with Crippen LogP contribution in [0.3, 0.4) is 0 Å². The number of anilines is 1. The number of aliphatic hydroxyl groups is 1. The van der Waals surface area contributed by atoms with E-state index in [0.717, 1.165) is 0 Å². The molecule has 2 rings (SSSR count). The van der Waals surface area contributed by atoms with Crippen LogP contribution in [-0.4, -0.2) is 24.8 Å². The fourth-order valence-electron chi connectivity index (χ4n) is 1.89. The Morgan fingerprint density at radius 3 is 2.95 bits per heavy atom. The molecule has 2 aromatic rings. The largest absolute Gasteiger partial charge is 0.495 e. The van der Waals surface area contributed by atoms with E-state index in [0.29, 0.717) is 28.6 Å². The number of amides is 2. The van der Waals surface area contributed by atoms with E-state index in [2.05, 4.69) is 10.6 Å². The van der Waals surface area contributed by atoms with Crippen molar-refractivity contribution in [2.45, 2.75) is 12.5 Å². The fraction of sp³-hybridized carbons (Fsp3) is 0.267. The third kappa shape index (κ3) is 4.41. The topological polar surface area (TPSA) is 83.7 Å². The zero-order valence-corrected chi connectivity index (χ0v) is 12.8. The summed E-state index contributed by atoms with van der Waals surface area (Å²) >= 11 is 5.89. The molecule has 0 fully saturated rings. The van der Waals surface area contributed by atoms with Crippen molar-refractivity contribution >= 4 is 23.3 Å². The molecule has 0 spiro atoms. The average molecular weight is 325 g/mol. The van der Waals surface area contributed by atoms with Gasteiger partial charge in [0, 0.05) is 11.6 Å². The highest BCUT2D eigenvalue weighted by molar-refractivity contribution is 6.31. The molecule has 7 heteroatoms. The number of hydrogen-bond acceptors (Lipinski definition) is 4. The number of furan rings is 1. The Morgan fingerprint density at radius 2 is 2.27 bits per heavy atom. The van der Waals surface area contributed by atoms with Gasteiger partial charge in [-0.1, -0.05) is 11.6 Å². The second-order valence-corrected chi connectivity index (χ2v) is 4.98. The predicted molar refractivity (Wildman–Crippen MR) is 83.3 cm³/mol. The Hall–Kier alpha value is -2.18. The van der Waals surface area contributed by atoms with Crippen molar-refractivity contribution in [1.29, 1.82) is 0 Å². The van der Waals surface area contributed by atoms with E-state index in [-0.39, 0.29) is 6.54 Å². The van der Waals surface area contributed by atoms with Gasteiger partial charge in [0.2, 0.25) is 0 Å². The van der Waals surface area contributed by atoms with Crippen LogP contribution < -0.4 is 15.4 Å². The molecule has 1 heterocycles. The van der Waals surface area contributed by atoms with Gasteiger partial charge in [-0.05, 0) is 36.8 Å². The summed E-state index contributed by atoms with van der Waals surface area (Å²) in [6, 6.07) is 7.90. The normalized spacial score (nSPS) is 11.8. The second-order valence-electron chi connectivity index (χ2n) is 4.55. The van der Waals surface area contributed by atoms with Gasteiger partial charge in [0.15, 0.2) is 0 Å². The first-order valence-corrected chi connectivity index (χ1v) is 7.08. The predicted octanol–water partition coefficient (Wildman–Crippen LogP) is 3.19. The molecule has 118 valence electrons. The van der Waals surface area contributed by atoms with E-state index in [1.807, 2.05) is 0 Å². The molecule has 1 aromatic heterocycles. The number of benzene rings is 1. The number of carbonyl (C=O) groups is 1. The molecule has 1 atom stereocenters. The van der Waals surface area contributed by atoms with Crippen LogP contribution in [0.25, 0.3) is 0 Å². The summed E-state index contributed by atoms with van der Waals surface area (Å²) in [7, 11) is 1.51. The van der Waals surface area contributed by atoms with Crippen LogP contribution in [0.5, 0.6) is 5.75 Å². The molecule has 0 aliphatic heterocycles. The maximum absolute atomic E-state index is 11.8. The SMILES string of the molecule is COc1ccc(Cl)cc1NC(=O)NCCC(O)c1ccco1. The number of hydrogen-bond donors (Lipinski definition) is 3. The van der Waals surface area contributed by atoms with Crippen LogP contribution >= 0.6 is 11.6 Å². The summed E-state index contributed by atoms with van der Waals surface area (Å²) in [5.74, 6) is 0.980. The van der Waals surface area contributed by atoms with Gasteiger partial charge in [-0.3, -0.25) is 0 Å². The van der Waals surface area contributed by atoms with E-state index in [9.17, 15) is 9.90 Å². The van der Waals surface area contributed by atoms with Gasteiger partial charge in [-0.2, -0.15) is 0 Å². The van der Waals surface area contributed by atoms with Crippen LogP contribution in [0.2, 0.25) is 5.02 Å². The lowest BCUT2D eigenvalue weighted by atomic mass is 10.2. The van der Waals surface area contributed by atoms with Gasteiger partial charge in [0.05, 0.1) is 19.1 Å². The molecule has 0 saturated carbocycles. The maximum atomic E-state index is 11.8. The number of halogens is 1. The lowest BCUT2D eigenvalue weighted by Gasteiger charge is -2.12. The standard InChI is InChI=1S/C15H17ClN2O4/c1-21-13-5-4-10(16)9-11(13)18-15(20)17-7-6-12(19)14-3-2-8-22-14/h2-5,8-9,12,19H,6-7H2,1H3,(H2,17,18,20). The van der Waals surface area contributed by atoms with Gasteiger partial charge in [0.25, 0.3) is 0 Å². The van der Waals surface area contributed by atoms with Gasteiger partial charge in [-0.25, -0.2) is 4.79 Å². The van der Waals surface area contributed by atoms with Gasteiger partial charge in [0.1, 0.15) is 17.6 Å². The van der Waals surface area contributed by atoms with Gasteiger partial charge in [-0.15, -0.1) is 0 Å². The third-order valence-corrected chi connectivity index (χ3v) is 3.22. The first kappa shape index (κ1) is 16.2. The van der Waals surface area contributed by atoms with Gasteiger partial charge < -0.3 is 24.9 Å². The number of ether oxygens (including phenoxy) is 1. The van der Waals surface area contributed by atoms with Crippen molar-refractivity contribution in [3.63, 3.8) is 0 Å². The summed E-state index contributed by atoms with van der Waals surface area (Å²) in [6.45, 7) is 0.288. The molecule has 0 aliphatic rings. The van der Waals surface area contributed by atoms with Crippen LogP contribution in [0, 0.1) is 0 Å². The number of carbonyl (C=O) groups excluding carboxylic acids is 1. The molecule has 0 aliphatic carbocycles. The fourth-order valence-corrected chi connectivity index (χ4v) is 2.06. The molecular weight excluding hydrogens is 308 g/mol. The highest BCUT2D eigenvalue weighted by Crippen LogP contribution is 2.27. The van der Waals surface area contributed by atoms with Crippen molar-refractivity contribution < 1.29 is 19.1 Å². The van der Waals surface area contributed by atoms with E-state index < -0.39 is 12.1 Å². The Bertz CT molecular complexity index is 616. The first-order chi connectivity index (χ1) is 10.6. The lowest BCUT2D eigenvalue weighted by Crippen LogP contribution is -2.30. The summed E-state index contributed by atoms with van der Waals surface area (Å²) < 4.78 is 10.2. The second kappa shape index (κ2) is 7.72. The molecule has 2 amide bonds. The van der Waals surface area contributed by atoms with E-state index >= 15 is 0 Å². The number of aliphatic hydroxyl groups excluding tert-OH is 1. The minimum absolute atomic E-state index is 0.288. The molecule has 0 bridgehead atoms. The summed E-state index contributed by atoms with van der Waals surface area (Å²) in [6.07, 6.45) is 1.08. The number of methoxy groups -OCH3 is 1. The van der Waals surface area contributed by atoms with E-state index in [1.54, 1.807) is 30.3 Å². The average Bonchev–Trinajstić information content (AvgIpc) is 3.01. The van der Waals surface area contributed by atoms with Crippen LogP contribution in [0.4, 0.5) is 10.5 Å².